The van der Waals surface area contributed by atoms with E-state index in [0.717, 1.165) is 11.1 Å². The largest absolute Gasteiger partial charge is 0.494 e. The number of ether oxygens (including phenoxy) is 1. The third-order valence-electron chi connectivity index (χ3n) is 2.42. The summed E-state index contributed by atoms with van der Waals surface area (Å²) in [4.78, 5) is 4.08. The van der Waals surface area contributed by atoms with Crippen LogP contribution in [0.2, 0.25) is 0 Å². The van der Waals surface area contributed by atoms with E-state index >= 15 is 0 Å². The maximum atomic E-state index is 9.18. The first kappa shape index (κ1) is 10.6. The van der Waals surface area contributed by atoms with Crippen LogP contribution in [0.15, 0.2) is 42.6 Å². The molecule has 0 unspecified atom stereocenters. The van der Waals surface area contributed by atoms with Gasteiger partial charge in [-0.25, -0.2) is 0 Å². The number of nitrogens with zero attached hydrogens (tertiary/aromatic N) is 1. The van der Waals surface area contributed by atoms with Gasteiger partial charge >= 0.3 is 0 Å². The first-order valence-corrected chi connectivity index (χ1v) is 5.05. The minimum absolute atomic E-state index is 0.121. The molecule has 16 heavy (non-hydrogen) atoms. The molecule has 1 heterocycles. The van der Waals surface area contributed by atoms with E-state index in [0.29, 0.717) is 11.4 Å². The monoisotopic (exact) mass is 215 g/mol. The molecule has 82 valence electrons. The Morgan fingerprint density at radius 2 is 1.94 bits per heavy atom. The van der Waals surface area contributed by atoms with Crippen molar-refractivity contribution in [1.82, 2.24) is 4.98 Å². The van der Waals surface area contributed by atoms with Gasteiger partial charge in [0.1, 0.15) is 5.69 Å². The first-order valence-electron chi connectivity index (χ1n) is 5.05. The molecular weight excluding hydrogens is 202 g/mol. The van der Waals surface area contributed by atoms with E-state index in [1.165, 1.54) is 0 Å². The maximum Gasteiger partial charge on any atom is 0.150 e. The zero-order valence-corrected chi connectivity index (χ0v) is 9.05. The summed E-state index contributed by atoms with van der Waals surface area (Å²) in [5.41, 5.74) is 2.56. The number of aromatic nitrogens is 1. The number of benzene rings is 1. The highest BCUT2D eigenvalue weighted by atomic mass is 16.5. The van der Waals surface area contributed by atoms with Crippen molar-refractivity contribution in [3.8, 4) is 16.9 Å². The molecule has 0 atom stereocenters. The van der Waals surface area contributed by atoms with Crippen LogP contribution >= 0.6 is 0 Å². The lowest BCUT2D eigenvalue weighted by Crippen LogP contribution is -1.97. The lowest BCUT2D eigenvalue weighted by atomic mass is 10.1. The quantitative estimate of drug-likeness (QED) is 0.853. The average Bonchev–Trinajstić information content (AvgIpc) is 2.38. The summed E-state index contributed by atoms with van der Waals surface area (Å²) >= 11 is 0. The van der Waals surface area contributed by atoms with Gasteiger partial charge in [0.2, 0.25) is 0 Å². The summed E-state index contributed by atoms with van der Waals surface area (Å²) in [7, 11) is 1.59. The second-order valence-electron chi connectivity index (χ2n) is 3.36. The highest BCUT2D eigenvalue weighted by molar-refractivity contribution is 5.70. The third-order valence-corrected chi connectivity index (χ3v) is 2.42. The molecule has 1 aromatic heterocycles. The van der Waals surface area contributed by atoms with Crippen LogP contribution in [0.5, 0.6) is 5.75 Å². The van der Waals surface area contributed by atoms with E-state index in [1.54, 1.807) is 13.3 Å². The fraction of sp³-hybridized carbons (Fsp3) is 0.154. The van der Waals surface area contributed by atoms with Crippen LogP contribution in [0.1, 0.15) is 5.69 Å². The van der Waals surface area contributed by atoms with Crippen molar-refractivity contribution in [3.63, 3.8) is 0 Å². The predicted octanol–water partition coefficient (Wildman–Crippen LogP) is 2.25. The number of aliphatic hydroxyl groups excluding tert-OH is 1. The number of hydrogen-bond acceptors (Lipinski definition) is 3. The van der Waals surface area contributed by atoms with Gasteiger partial charge in [-0.3, -0.25) is 4.98 Å². The molecule has 0 aliphatic heterocycles. The smallest absolute Gasteiger partial charge is 0.150 e. The zero-order valence-electron chi connectivity index (χ0n) is 9.05. The van der Waals surface area contributed by atoms with Gasteiger partial charge < -0.3 is 9.84 Å². The summed E-state index contributed by atoms with van der Waals surface area (Å²) < 4.78 is 5.30. The second-order valence-corrected chi connectivity index (χ2v) is 3.36. The van der Waals surface area contributed by atoms with Crippen molar-refractivity contribution in [3.05, 3.63) is 48.3 Å². The summed E-state index contributed by atoms with van der Waals surface area (Å²) in [6.07, 6.45) is 1.68. The molecule has 0 amide bonds. The van der Waals surface area contributed by atoms with E-state index < -0.39 is 0 Å². The highest BCUT2D eigenvalue weighted by Crippen LogP contribution is 2.31. The topological polar surface area (TPSA) is 42.4 Å². The van der Waals surface area contributed by atoms with E-state index in [1.807, 2.05) is 36.4 Å². The summed E-state index contributed by atoms with van der Waals surface area (Å²) in [6, 6.07) is 11.8. The summed E-state index contributed by atoms with van der Waals surface area (Å²) in [5, 5.41) is 9.18. The lowest BCUT2D eigenvalue weighted by molar-refractivity contribution is 0.268. The Balaban J connectivity index is 2.57. The van der Waals surface area contributed by atoms with E-state index in [-0.39, 0.29) is 6.61 Å². The van der Waals surface area contributed by atoms with Gasteiger partial charge in [-0.1, -0.05) is 30.3 Å². The van der Waals surface area contributed by atoms with Crippen molar-refractivity contribution in [2.75, 3.05) is 7.11 Å². The molecule has 2 rings (SSSR count). The minimum Gasteiger partial charge on any atom is -0.494 e. The molecule has 0 fully saturated rings. The van der Waals surface area contributed by atoms with Crippen LogP contribution < -0.4 is 4.74 Å². The van der Waals surface area contributed by atoms with Gasteiger partial charge in [0, 0.05) is 11.8 Å². The number of rotatable bonds is 3. The number of pyridine rings is 1. The van der Waals surface area contributed by atoms with Crippen molar-refractivity contribution in [1.29, 1.82) is 0 Å². The normalized spacial score (nSPS) is 10.1. The SMILES string of the molecule is COc1c(-c2ccccc2)ccnc1CO. The van der Waals surface area contributed by atoms with Gasteiger partial charge in [0.25, 0.3) is 0 Å². The highest BCUT2D eigenvalue weighted by Gasteiger charge is 2.10. The lowest BCUT2D eigenvalue weighted by Gasteiger charge is -2.11. The van der Waals surface area contributed by atoms with E-state index in [2.05, 4.69) is 4.98 Å². The van der Waals surface area contributed by atoms with Crippen molar-refractivity contribution < 1.29 is 9.84 Å². The number of hydrogen-bond donors (Lipinski definition) is 1. The van der Waals surface area contributed by atoms with Crippen LogP contribution in [0, 0.1) is 0 Å². The van der Waals surface area contributed by atoms with Gasteiger partial charge in [-0.2, -0.15) is 0 Å². The maximum absolute atomic E-state index is 9.18. The van der Waals surface area contributed by atoms with E-state index in [9.17, 15) is 5.11 Å². The molecule has 0 aliphatic carbocycles. The molecule has 3 heteroatoms. The first-order chi connectivity index (χ1) is 7.86. The molecule has 0 saturated heterocycles. The van der Waals surface area contributed by atoms with Crippen molar-refractivity contribution in [2.24, 2.45) is 0 Å². The van der Waals surface area contributed by atoms with E-state index in [4.69, 9.17) is 4.74 Å². The zero-order chi connectivity index (χ0) is 11.4. The van der Waals surface area contributed by atoms with Gasteiger partial charge in [-0.05, 0) is 11.6 Å². The Morgan fingerprint density at radius 3 is 2.56 bits per heavy atom. The summed E-state index contributed by atoms with van der Waals surface area (Å²) in [5.74, 6) is 0.635. The molecule has 1 aromatic carbocycles. The number of aliphatic hydroxyl groups is 1. The van der Waals surface area contributed by atoms with Crippen molar-refractivity contribution >= 4 is 0 Å². The summed E-state index contributed by atoms with van der Waals surface area (Å²) in [6.45, 7) is -0.121. The Hall–Kier alpha value is -1.87. The van der Waals surface area contributed by atoms with Crippen LogP contribution in [0.25, 0.3) is 11.1 Å². The van der Waals surface area contributed by atoms with Crippen molar-refractivity contribution in [2.45, 2.75) is 6.61 Å². The van der Waals surface area contributed by atoms with Crippen LogP contribution in [-0.4, -0.2) is 17.2 Å². The molecule has 0 spiro atoms. The molecule has 0 saturated carbocycles. The fourth-order valence-corrected chi connectivity index (χ4v) is 1.68. The Bertz CT molecular complexity index is 469. The minimum atomic E-state index is -0.121. The molecule has 3 nitrogen and oxygen atoms in total. The van der Waals surface area contributed by atoms with Gasteiger partial charge in [0.05, 0.1) is 13.7 Å². The van der Waals surface area contributed by atoms with Crippen LogP contribution in [0.3, 0.4) is 0 Å². The Labute approximate surface area is 94.3 Å². The predicted molar refractivity (Wildman–Crippen MR) is 62.1 cm³/mol. The fourth-order valence-electron chi connectivity index (χ4n) is 1.68. The van der Waals surface area contributed by atoms with Crippen LogP contribution in [-0.2, 0) is 6.61 Å². The van der Waals surface area contributed by atoms with Gasteiger partial charge in [0.15, 0.2) is 5.75 Å². The second kappa shape index (κ2) is 4.77. The molecule has 2 aromatic rings. The Morgan fingerprint density at radius 1 is 1.19 bits per heavy atom. The average molecular weight is 215 g/mol. The molecule has 0 radical (unpaired) electrons. The molecule has 1 N–H and O–H groups in total. The third kappa shape index (κ3) is 1.90. The van der Waals surface area contributed by atoms with Crippen LogP contribution in [0.4, 0.5) is 0 Å². The molecular formula is C13H13NO2. The Kier molecular flexibility index (Phi) is 3.17. The standard InChI is InChI=1S/C13H13NO2/c1-16-13-11(7-8-14-12(13)9-15)10-5-3-2-4-6-10/h2-8,15H,9H2,1H3. The van der Waals surface area contributed by atoms with Gasteiger partial charge in [-0.15, -0.1) is 0 Å². The molecule has 0 bridgehead atoms. The molecule has 0 aliphatic rings. The number of methoxy groups -OCH3 is 1.